The second-order valence-corrected chi connectivity index (χ2v) is 9.46. The van der Waals surface area contributed by atoms with Gasteiger partial charge in [0.05, 0.1) is 5.60 Å². The number of aliphatic hydroxyl groups is 1. The highest BCUT2D eigenvalue weighted by atomic mass is 19.1. The smallest absolute Gasteiger partial charge is 0.162 e. The van der Waals surface area contributed by atoms with Crippen LogP contribution in [-0.4, -0.2) is 41.5 Å². The van der Waals surface area contributed by atoms with Gasteiger partial charge in [0.1, 0.15) is 5.82 Å². The normalized spacial score (nSPS) is 19.6. The number of anilines is 1. The zero-order valence-corrected chi connectivity index (χ0v) is 18.9. The molecule has 4 nitrogen and oxygen atoms in total. The quantitative estimate of drug-likeness (QED) is 0.533. The molecule has 0 spiro atoms. The highest BCUT2D eigenvalue weighted by molar-refractivity contribution is 5.95. The van der Waals surface area contributed by atoms with Gasteiger partial charge in [-0.1, -0.05) is 31.4 Å². The molecule has 0 atom stereocenters. The number of carbonyl (C=O) groups is 1. The Kier molecular flexibility index (Phi) is 7.59. The van der Waals surface area contributed by atoms with Crippen molar-refractivity contribution >= 4 is 11.5 Å². The third kappa shape index (κ3) is 5.96. The molecule has 2 fully saturated rings. The van der Waals surface area contributed by atoms with E-state index in [1.54, 1.807) is 12.1 Å². The van der Waals surface area contributed by atoms with E-state index in [9.17, 15) is 14.3 Å². The van der Waals surface area contributed by atoms with Gasteiger partial charge >= 0.3 is 0 Å². The molecular weight excluding hydrogens is 403 g/mol. The summed E-state index contributed by atoms with van der Waals surface area (Å²) in [4.78, 5) is 14.6. The highest BCUT2D eigenvalue weighted by Crippen LogP contribution is 2.34. The van der Waals surface area contributed by atoms with Crippen LogP contribution in [0.25, 0.3) is 0 Å². The Morgan fingerprint density at radius 2 is 1.66 bits per heavy atom. The summed E-state index contributed by atoms with van der Waals surface area (Å²) in [6, 6.07) is 14.7. The zero-order valence-electron chi connectivity index (χ0n) is 18.9. The third-order valence-corrected chi connectivity index (χ3v) is 7.13. The van der Waals surface area contributed by atoms with Crippen LogP contribution in [0.15, 0.2) is 48.5 Å². The maximum Gasteiger partial charge on any atom is 0.162 e. The summed E-state index contributed by atoms with van der Waals surface area (Å²) in [6.45, 7) is 2.49. The van der Waals surface area contributed by atoms with E-state index < -0.39 is 5.60 Å². The van der Waals surface area contributed by atoms with E-state index in [-0.39, 0.29) is 11.6 Å². The number of nitrogens with one attached hydrogen (secondary N) is 1. The molecule has 0 amide bonds. The first kappa shape index (κ1) is 22.9. The number of rotatable bonds is 8. The summed E-state index contributed by atoms with van der Waals surface area (Å²) in [5, 5.41) is 14.9. The molecule has 2 N–H and O–H groups in total. The first-order chi connectivity index (χ1) is 15.5. The molecule has 32 heavy (non-hydrogen) atoms. The Morgan fingerprint density at radius 1 is 1.00 bits per heavy atom. The number of likely N-dealkylation sites (tertiary alicyclic amines) is 1. The van der Waals surface area contributed by atoms with Gasteiger partial charge in [0, 0.05) is 36.8 Å². The zero-order chi connectivity index (χ0) is 22.4. The topological polar surface area (TPSA) is 52.6 Å². The van der Waals surface area contributed by atoms with Crippen LogP contribution in [0.5, 0.6) is 0 Å². The molecule has 0 radical (unpaired) electrons. The molecule has 2 aliphatic rings. The number of benzene rings is 2. The van der Waals surface area contributed by atoms with Crippen LogP contribution < -0.4 is 5.32 Å². The predicted octanol–water partition coefficient (Wildman–Crippen LogP) is 5.52. The Balaban J connectivity index is 1.21. The Bertz CT molecular complexity index is 868. The molecule has 172 valence electrons. The largest absolute Gasteiger partial charge is 0.385 e. The molecule has 1 aliphatic heterocycles. The minimum absolute atomic E-state index is 0.0560. The van der Waals surface area contributed by atoms with Crippen LogP contribution in [0.3, 0.4) is 0 Å². The minimum atomic E-state index is -0.774. The van der Waals surface area contributed by atoms with Gasteiger partial charge in [-0.25, -0.2) is 4.39 Å². The summed E-state index contributed by atoms with van der Waals surface area (Å²) < 4.78 is 13.0. The maximum atomic E-state index is 13.0. The summed E-state index contributed by atoms with van der Waals surface area (Å²) in [5.74, 6) is -0.266. The van der Waals surface area contributed by atoms with Crippen molar-refractivity contribution in [2.24, 2.45) is 0 Å². The van der Waals surface area contributed by atoms with E-state index in [1.807, 2.05) is 0 Å². The number of ketones is 1. The fraction of sp³-hybridized carbons (Fsp3) is 0.519. The van der Waals surface area contributed by atoms with Gasteiger partial charge in [0.2, 0.25) is 0 Å². The molecular formula is C27H35FN2O2. The van der Waals surface area contributed by atoms with Gasteiger partial charge in [-0.15, -0.1) is 0 Å². The van der Waals surface area contributed by atoms with Crippen LogP contribution in [0.1, 0.15) is 73.7 Å². The number of nitrogens with zero attached hydrogens (tertiary/aromatic N) is 1. The van der Waals surface area contributed by atoms with Gasteiger partial charge < -0.3 is 15.3 Å². The van der Waals surface area contributed by atoms with Crippen LogP contribution in [0.4, 0.5) is 10.1 Å². The fourth-order valence-electron chi connectivity index (χ4n) is 5.04. The van der Waals surface area contributed by atoms with Crippen molar-refractivity contribution < 1.29 is 14.3 Å². The van der Waals surface area contributed by atoms with Gasteiger partial charge in [0.15, 0.2) is 5.78 Å². The van der Waals surface area contributed by atoms with Crippen LogP contribution >= 0.6 is 0 Å². The second-order valence-electron chi connectivity index (χ2n) is 9.46. The molecule has 1 saturated heterocycles. The Hall–Kier alpha value is -2.24. The van der Waals surface area contributed by atoms with E-state index in [0.29, 0.717) is 30.9 Å². The molecule has 2 aromatic carbocycles. The van der Waals surface area contributed by atoms with Crippen molar-refractivity contribution in [1.82, 2.24) is 4.90 Å². The predicted molar refractivity (Wildman–Crippen MR) is 126 cm³/mol. The third-order valence-electron chi connectivity index (χ3n) is 7.13. The van der Waals surface area contributed by atoms with Crippen molar-refractivity contribution in [2.45, 2.75) is 69.4 Å². The Labute approximate surface area is 190 Å². The first-order valence-corrected chi connectivity index (χ1v) is 12.1. The van der Waals surface area contributed by atoms with Gasteiger partial charge in [0.25, 0.3) is 0 Å². The average Bonchev–Trinajstić information content (AvgIpc) is 2.82. The molecule has 1 saturated carbocycles. The molecule has 0 bridgehead atoms. The number of halogens is 1. The van der Waals surface area contributed by atoms with E-state index >= 15 is 0 Å². The molecule has 1 heterocycles. The van der Waals surface area contributed by atoms with Crippen LogP contribution in [0, 0.1) is 5.82 Å². The van der Waals surface area contributed by atoms with Crippen molar-refractivity contribution in [2.75, 3.05) is 25.0 Å². The van der Waals surface area contributed by atoms with Crippen molar-refractivity contribution in [3.63, 3.8) is 0 Å². The maximum absolute atomic E-state index is 13.0. The van der Waals surface area contributed by atoms with Gasteiger partial charge in [-0.3, -0.25) is 4.79 Å². The number of hydrogen-bond acceptors (Lipinski definition) is 4. The number of carbonyl (C=O) groups excluding carboxylic acids is 1. The molecule has 0 aromatic heterocycles. The van der Waals surface area contributed by atoms with E-state index in [2.05, 4.69) is 34.5 Å². The monoisotopic (exact) mass is 438 g/mol. The number of hydrogen-bond donors (Lipinski definition) is 2. The summed E-state index contributed by atoms with van der Waals surface area (Å²) >= 11 is 0. The molecule has 4 rings (SSSR count). The molecule has 1 aliphatic carbocycles. The lowest BCUT2D eigenvalue weighted by Crippen LogP contribution is -2.42. The lowest BCUT2D eigenvalue weighted by molar-refractivity contribution is -0.0260. The van der Waals surface area contributed by atoms with Gasteiger partial charge in [-0.2, -0.15) is 0 Å². The molecule has 0 unspecified atom stereocenters. The molecule has 5 heteroatoms. The lowest BCUT2D eigenvalue weighted by Gasteiger charge is -2.38. The Morgan fingerprint density at radius 3 is 2.31 bits per heavy atom. The average molecular weight is 439 g/mol. The van der Waals surface area contributed by atoms with E-state index in [0.717, 1.165) is 37.3 Å². The fourth-order valence-corrected chi connectivity index (χ4v) is 5.04. The van der Waals surface area contributed by atoms with Crippen molar-refractivity contribution in [1.29, 1.82) is 0 Å². The second kappa shape index (κ2) is 10.6. The summed E-state index contributed by atoms with van der Waals surface area (Å²) in [6.07, 6.45) is 9.11. The summed E-state index contributed by atoms with van der Waals surface area (Å²) in [7, 11) is 0. The van der Waals surface area contributed by atoms with E-state index in [1.165, 1.54) is 44.2 Å². The lowest BCUT2D eigenvalue weighted by atomic mass is 9.84. The van der Waals surface area contributed by atoms with Crippen LogP contribution in [-0.2, 0) is 5.60 Å². The number of Topliss-reactive ketones (excluding diaryl/α,β-unsaturated/α-hetero) is 1. The first-order valence-electron chi connectivity index (χ1n) is 12.1. The summed E-state index contributed by atoms with van der Waals surface area (Å²) in [5.41, 5.74) is 1.94. The van der Waals surface area contributed by atoms with Crippen molar-refractivity contribution in [3.05, 3.63) is 65.5 Å². The minimum Gasteiger partial charge on any atom is -0.385 e. The van der Waals surface area contributed by atoms with Gasteiger partial charge in [-0.05, 0) is 80.6 Å². The van der Waals surface area contributed by atoms with Crippen molar-refractivity contribution in [3.8, 4) is 0 Å². The van der Waals surface area contributed by atoms with E-state index in [4.69, 9.17) is 0 Å². The van der Waals surface area contributed by atoms with Crippen LogP contribution in [0.2, 0.25) is 0 Å². The molecule has 2 aromatic rings. The highest BCUT2D eigenvalue weighted by Gasteiger charge is 2.33. The SMILES string of the molecule is O=C(CCCN1CCC(O)(c2ccc(NC3CCCCC3)cc2)CC1)c1ccc(F)cc1. The standard InChI is InChI=1S/C27H35FN2O2/c28-23-12-8-21(9-13-23)26(31)7-4-18-30-19-16-27(32,17-20-30)22-10-14-25(15-11-22)29-24-5-2-1-3-6-24/h8-15,24,29,32H,1-7,16-20H2. The number of piperidine rings is 1.